The maximum Gasteiger partial charge on any atom is 0.351 e. The lowest BCUT2D eigenvalue weighted by molar-refractivity contribution is -0.149. The molecule has 23 heavy (non-hydrogen) atoms. The van der Waals surface area contributed by atoms with Crippen LogP contribution in [0.25, 0.3) is 0 Å². The van der Waals surface area contributed by atoms with Crippen LogP contribution in [0.4, 0.5) is 4.39 Å². The summed E-state index contributed by atoms with van der Waals surface area (Å²) < 4.78 is 24.4. The molecule has 1 heterocycles. The summed E-state index contributed by atoms with van der Waals surface area (Å²) in [5, 5.41) is -0.0879. The molecule has 0 spiro atoms. The van der Waals surface area contributed by atoms with Crippen molar-refractivity contribution in [1.29, 1.82) is 0 Å². The number of benzene rings is 1. The van der Waals surface area contributed by atoms with E-state index in [-0.39, 0.29) is 22.0 Å². The Labute approximate surface area is 144 Å². The van der Waals surface area contributed by atoms with Crippen LogP contribution in [-0.4, -0.2) is 24.3 Å². The first kappa shape index (κ1) is 17.4. The molecular weight excluding hydrogens is 393 g/mol. The van der Waals surface area contributed by atoms with E-state index in [0.717, 1.165) is 6.07 Å². The average Bonchev–Trinajstić information content (AvgIpc) is 2.54. The van der Waals surface area contributed by atoms with Crippen LogP contribution >= 0.6 is 27.5 Å². The highest BCUT2D eigenvalue weighted by Gasteiger charge is 2.26. The normalized spacial score (nSPS) is 11.7. The topological polar surface area (TPSA) is 65.5 Å². The summed E-state index contributed by atoms with van der Waals surface area (Å²) in [5.74, 6) is -1.41. The van der Waals surface area contributed by atoms with Crippen LogP contribution < -0.4 is 4.74 Å². The quantitative estimate of drug-likeness (QED) is 0.563. The predicted molar refractivity (Wildman–Crippen MR) is 84.1 cm³/mol. The van der Waals surface area contributed by atoms with Crippen LogP contribution in [0.1, 0.15) is 22.2 Å². The maximum absolute atomic E-state index is 13.6. The second-order valence-electron chi connectivity index (χ2n) is 4.35. The molecule has 0 amide bonds. The molecule has 0 aliphatic carbocycles. The molecule has 2 rings (SSSR count). The van der Waals surface area contributed by atoms with Gasteiger partial charge in [0.2, 0.25) is 6.10 Å². The first-order valence-electron chi connectivity index (χ1n) is 6.26. The Balaban J connectivity index is 2.44. The zero-order valence-electron chi connectivity index (χ0n) is 11.8. The van der Waals surface area contributed by atoms with Crippen LogP contribution in [0.5, 0.6) is 5.75 Å². The Morgan fingerprint density at radius 2 is 2.17 bits per heavy atom. The van der Waals surface area contributed by atoms with E-state index in [9.17, 15) is 14.0 Å². The summed E-state index contributed by atoms with van der Waals surface area (Å²) in [5.41, 5.74) is 0.187. The Morgan fingerprint density at radius 3 is 2.78 bits per heavy atom. The van der Waals surface area contributed by atoms with E-state index >= 15 is 0 Å². The SMILES string of the molecule is COC(=O)C(Oc1cc(Br)cnc1C=O)c1ccc(Cl)c(F)c1. The number of nitrogens with zero attached hydrogens (tertiary/aromatic N) is 1. The first-order valence-corrected chi connectivity index (χ1v) is 7.43. The van der Waals surface area contributed by atoms with Crippen molar-refractivity contribution in [3.05, 3.63) is 57.0 Å². The van der Waals surface area contributed by atoms with E-state index < -0.39 is 17.9 Å². The average molecular weight is 403 g/mol. The lowest BCUT2D eigenvalue weighted by atomic mass is 10.1. The first-order chi connectivity index (χ1) is 11.0. The Hall–Kier alpha value is -1.99. The molecule has 0 bridgehead atoms. The van der Waals surface area contributed by atoms with Gasteiger partial charge in [0.05, 0.1) is 12.1 Å². The highest BCUT2D eigenvalue weighted by molar-refractivity contribution is 9.10. The van der Waals surface area contributed by atoms with Gasteiger partial charge < -0.3 is 9.47 Å². The van der Waals surface area contributed by atoms with Gasteiger partial charge in [-0.15, -0.1) is 0 Å². The van der Waals surface area contributed by atoms with Crippen LogP contribution in [0.3, 0.4) is 0 Å². The van der Waals surface area contributed by atoms with Crippen LogP contribution in [0.15, 0.2) is 34.9 Å². The molecule has 0 saturated heterocycles. The second-order valence-corrected chi connectivity index (χ2v) is 5.67. The monoisotopic (exact) mass is 401 g/mol. The van der Waals surface area contributed by atoms with Crippen molar-refractivity contribution in [3.8, 4) is 5.75 Å². The molecule has 5 nitrogen and oxygen atoms in total. The van der Waals surface area contributed by atoms with Crippen LogP contribution in [-0.2, 0) is 9.53 Å². The standard InChI is InChI=1S/C15H10BrClFNO4/c1-22-15(21)14(8-2-3-10(17)11(18)4-8)23-13-5-9(16)6-19-12(13)7-20/h2-7,14H,1H3. The van der Waals surface area contributed by atoms with Gasteiger partial charge in [-0.2, -0.15) is 0 Å². The van der Waals surface area contributed by atoms with Crippen molar-refractivity contribution in [2.45, 2.75) is 6.10 Å². The van der Waals surface area contributed by atoms with Gasteiger partial charge >= 0.3 is 5.97 Å². The summed E-state index contributed by atoms with van der Waals surface area (Å²) >= 11 is 8.83. The summed E-state index contributed by atoms with van der Waals surface area (Å²) in [6.07, 6.45) is 0.617. The number of ether oxygens (including phenoxy) is 2. The minimum absolute atomic E-state index is 0.00321. The summed E-state index contributed by atoms with van der Waals surface area (Å²) in [7, 11) is 1.17. The molecule has 0 fully saturated rings. The minimum Gasteiger partial charge on any atom is -0.471 e. The number of rotatable bonds is 5. The molecule has 2 aromatic rings. The van der Waals surface area contributed by atoms with Crippen molar-refractivity contribution in [2.75, 3.05) is 7.11 Å². The van der Waals surface area contributed by atoms with Gasteiger partial charge in [-0.1, -0.05) is 17.7 Å². The molecule has 120 valence electrons. The van der Waals surface area contributed by atoms with Gasteiger partial charge in [-0.05, 0) is 34.1 Å². The van der Waals surface area contributed by atoms with Crippen molar-refractivity contribution in [1.82, 2.24) is 4.98 Å². The number of hydrogen-bond donors (Lipinski definition) is 0. The number of aldehydes is 1. The number of aromatic nitrogens is 1. The number of methoxy groups -OCH3 is 1. The fourth-order valence-electron chi connectivity index (χ4n) is 1.78. The highest BCUT2D eigenvalue weighted by Crippen LogP contribution is 2.29. The van der Waals surface area contributed by atoms with Gasteiger partial charge in [0.15, 0.2) is 12.0 Å². The van der Waals surface area contributed by atoms with Crippen LogP contribution in [0, 0.1) is 5.82 Å². The van der Waals surface area contributed by atoms with E-state index in [1.165, 1.54) is 31.5 Å². The number of pyridine rings is 1. The third-order valence-electron chi connectivity index (χ3n) is 2.87. The molecule has 1 unspecified atom stereocenters. The maximum atomic E-state index is 13.6. The van der Waals surface area contributed by atoms with Gasteiger partial charge in [0, 0.05) is 16.2 Å². The summed E-state index contributed by atoms with van der Waals surface area (Å²) in [4.78, 5) is 26.9. The van der Waals surface area contributed by atoms with Crippen molar-refractivity contribution < 1.29 is 23.5 Å². The second kappa shape index (κ2) is 7.52. The zero-order chi connectivity index (χ0) is 17.0. The Morgan fingerprint density at radius 1 is 1.43 bits per heavy atom. The summed E-state index contributed by atoms with van der Waals surface area (Å²) in [6.45, 7) is 0. The van der Waals surface area contributed by atoms with E-state index in [4.69, 9.17) is 16.3 Å². The predicted octanol–water partition coefficient (Wildman–Crippen LogP) is 3.74. The van der Waals surface area contributed by atoms with Crippen LogP contribution in [0.2, 0.25) is 5.02 Å². The lowest BCUT2D eigenvalue weighted by Crippen LogP contribution is -2.21. The molecule has 0 aliphatic rings. The van der Waals surface area contributed by atoms with Crippen molar-refractivity contribution in [2.24, 2.45) is 0 Å². The molecule has 0 radical (unpaired) electrons. The Kier molecular flexibility index (Phi) is 5.68. The van der Waals surface area contributed by atoms with Crippen molar-refractivity contribution >= 4 is 39.8 Å². The number of carbonyl (C=O) groups excluding carboxylic acids is 2. The highest BCUT2D eigenvalue weighted by atomic mass is 79.9. The van der Waals surface area contributed by atoms with Gasteiger partial charge in [0.25, 0.3) is 0 Å². The molecule has 1 atom stereocenters. The Bertz CT molecular complexity index is 756. The largest absolute Gasteiger partial charge is 0.471 e. The molecule has 1 aromatic heterocycles. The number of halogens is 3. The number of esters is 1. The third kappa shape index (κ3) is 4.05. The number of carbonyl (C=O) groups is 2. The molecular formula is C15H10BrClFNO4. The lowest BCUT2D eigenvalue weighted by Gasteiger charge is -2.18. The van der Waals surface area contributed by atoms with E-state index in [1.54, 1.807) is 0 Å². The molecule has 0 saturated carbocycles. The summed E-state index contributed by atoms with van der Waals surface area (Å²) in [6, 6.07) is 5.26. The molecule has 0 N–H and O–H groups in total. The van der Waals surface area contributed by atoms with Gasteiger partial charge in [-0.3, -0.25) is 4.79 Å². The minimum atomic E-state index is -1.28. The van der Waals surface area contributed by atoms with E-state index in [0.29, 0.717) is 10.8 Å². The fraction of sp³-hybridized carbons (Fsp3) is 0.133. The molecule has 1 aromatic carbocycles. The van der Waals surface area contributed by atoms with Gasteiger partial charge in [-0.25, -0.2) is 14.2 Å². The third-order valence-corrected chi connectivity index (χ3v) is 3.61. The molecule has 8 heteroatoms. The van der Waals surface area contributed by atoms with E-state index in [2.05, 4.69) is 25.7 Å². The smallest absolute Gasteiger partial charge is 0.351 e. The number of hydrogen-bond acceptors (Lipinski definition) is 5. The van der Waals surface area contributed by atoms with Crippen molar-refractivity contribution in [3.63, 3.8) is 0 Å². The van der Waals surface area contributed by atoms with E-state index in [1.807, 2.05) is 0 Å². The molecule has 0 aliphatic heterocycles. The zero-order valence-corrected chi connectivity index (χ0v) is 14.1. The van der Waals surface area contributed by atoms with Gasteiger partial charge in [0.1, 0.15) is 11.5 Å². The fourth-order valence-corrected chi connectivity index (χ4v) is 2.20.